The number of halogens is 1. The van der Waals surface area contributed by atoms with Crippen LogP contribution in [0.1, 0.15) is 11.8 Å². The van der Waals surface area contributed by atoms with Crippen molar-refractivity contribution in [2.45, 2.75) is 12.6 Å². The van der Waals surface area contributed by atoms with Crippen molar-refractivity contribution in [3.8, 4) is 0 Å². The average Bonchev–Trinajstić information content (AvgIpc) is 2.59. The van der Waals surface area contributed by atoms with Crippen LogP contribution < -0.4 is 5.32 Å². The Bertz CT molecular complexity index is 280. The third kappa shape index (κ3) is 1.38. The van der Waals surface area contributed by atoms with E-state index in [-0.39, 0.29) is 5.72 Å². The molecule has 0 aliphatic carbocycles. The Hall–Kier alpha value is -0.0900. The molecule has 0 spiro atoms. The summed E-state index contributed by atoms with van der Waals surface area (Å²) in [5.74, 6) is 0. The first-order valence-corrected chi connectivity index (χ1v) is 5.05. The predicted octanol–water partition coefficient (Wildman–Crippen LogP) is 2.19. The first kappa shape index (κ1) is 8.51. The van der Waals surface area contributed by atoms with Crippen molar-refractivity contribution in [1.29, 1.82) is 0 Å². The highest BCUT2D eigenvalue weighted by molar-refractivity contribution is 7.16. The van der Waals surface area contributed by atoms with Gasteiger partial charge in [-0.2, -0.15) is 0 Å². The van der Waals surface area contributed by atoms with E-state index in [1.807, 2.05) is 19.1 Å². The topological polar surface area (TPSA) is 21.3 Å². The summed E-state index contributed by atoms with van der Waals surface area (Å²) in [5.41, 5.74) is -0.308. The van der Waals surface area contributed by atoms with Gasteiger partial charge in [-0.05, 0) is 19.1 Å². The van der Waals surface area contributed by atoms with Crippen LogP contribution in [0.3, 0.4) is 0 Å². The molecule has 2 nitrogen and oxygen atoms in total. The second-order valence-electron chi connectivity index (χ2n) is 2.91. The lowest BCUT2D eigenvalue weighted by molar-refractivity contribution is 0.00562. The van der Waals surface area contributed by atoms with Crippen LogP contribution in [0.4, 0.5) is 0 Å². The lowest BCUT2D eigenvalue weighted by Gasteiger charge is -2.21. The molecule has 1 aromatic heterocycles. The van der Waals surface area contributed by atoms with Crippen molar-refractivity contribution in [1.82, 2.24) is 5.32 Å². The molecule has 1 aliphatic heterocycles. The van der Waals surface area contributed by atoms with Crippen LogP contribution >= 0.6 is 22.9 Å². The van der Waals surface area contributed by atoms with E-state index >= 15 is 0 Å². The van der Waals surface area contributed by atoms with E-state index in [0.29, 0.717) is 0 Å². The fourth-order valence-corrected chi connectivity index (χ4v) is 2.45. The number of hydrogen-bond donors (Lipinski definition) is 1. The third-order valence-electron chi connectivity index (χ3n) is 2.00. The van der Waals surface area contributed by atoms with Crippen LogP contribution in [0.25, 0.3) is 0 Å². The molecule has 1 N–H and O–H groups in total. The van der Waals surface area contributed by atoms with Crippen LogP contribution in [0.5, 0.6) is 0 Å². The average molecular weight is 204 g/mol. The van der Waals surface area contributed by atoms with Gasteiger partial charge in [0, 0.05) is 6.54 Å². The number of thiophene rings is 1. The largest absolute Gasteiger partial charge is 0.354 e. The summed E-state index contributed by atoms with van der Waals surface area (Å²) in [7, 11) is 0. The molecule has 1 atom stereocenters. The maximum absolute atomic E-state index is 5.84. The zero-order valence-corrected chi connectivity index (χ0v) is 8.34. The summed E-state index contributed by atoms with van der Waals surface area (Å²) >= 11 is 7.40. The summed E-state index contributed by atoms with van der Waals surface area (Å²) in [6.45, 7) is 3.71. The first-order chi connectivity index (χ1) is 5.71. The van der Waals surface area contributed by atoms with Gasteiger partial charge in [-0.25, -0.2) is 0 Å². The molecular weight excluding hydrogens is 194 g/mol. The van der Waals surface area contributed by atoms with Crippen molar-refractivity contribution < 1.29 is 4.74 Å². The van der Waals surface area contributed by atoms with Gasteiger partial charge in [0.2, 0.25) is 0 Å². The van der Waals surface area contributed by atoms with Crippen LogP contribution in [-0.2, 0) is 10.5 Å². The minimum absolute atomic E-state index is 0.308. The normalized spacial score (nSPS) is 29.5. The summed E-state index contributed by atoms with van der Waals surface area (Å²) in [4.78, 5) is 1.14. The molecule has 0 aromatic carbocycles. The second-order valence-corrected chi connectivity index (χ2v) is 4.63. The van der Waals surface area contributed by atoms with Crippen molar-refractivity contribution in [3.63, 3.8) is 0 Å². The zero-order valence-electron chi connectivity index (χ0n) is 6.76. The van der Waals surface area contributed by atoms with Crippen molar-refractivity contribution in [3.05, 3.63) is 21.3 Å². The summed E-state index contributed by atoms with van der Waals surface area (Å²) in [6.07, 6.45) is 0. The van der Waals surface area contributed by atoms with Gasteiger partial charge in [-0.1, -0.05) is 11.6 Å². The van der Waals surface area contributed by atoms with Gasteiger partial charge in [0.05, 0.1) is 15.8 Å². The Morgan fingerprint density at radius 3 is 3.00 bits per heavy atom. The van der Waals surface area contributed by atoms with E-state index in [1.165, 1.54) is 0 Å². The van der Waals surface area contributed by atoms with E-state index < -0.39 is 0 Å². The van der Waals surface area contributed by atoms with E-state index in [0.717, 1.165) is 22.4 Å². The Balaban J connectivity index is 2.28. The quantitative estimate of drug-likeness (QED) is 0.756. The van der Waals surface area contributed by atoms with Gasteiger partial charge < -0.3 is 4.74 Å². The van der Waals surface area contributed by atoms with Gasteiger partial charge in [-0.15, -0.1) is 11.3 Å². The Morgan fingerprint density at radius 1 is 1.67 bits per heavy atom. The molecular formula is C8H10ClNOS. The molecule has 1 saturated heterocycles. The smallest absolute Gasteiger partial charge is 0.151 e. The summed E-state index contributed by atoms with van der Waals surface area (Å²) in [6, 6.07) is 3.90. The Morgan fingerprint density at radius 2 is 2.50 bits per heavy atom. The van der Waals surface area contributed by atoms with Crippen molar-refractivity contribution >= 4 is 22.9 Å². The van der Waals surface area contributed by atoms with E-state index in [2.05, 4.69) is 5.32 Å². The molecule has 12 heavy (non-hydrogen) atoms. The minimum atomic E-state index is -0.308. The predicted molar refractivity (Wildman–Crippen MR) is 50.6 cm³/mol. The molecule has 0 amide bonds. The minimum Gasteiger partial charge on any atom is -0.354 e. The van der Waals surface area contributed by atoms with Crippen molar-refractivity contribution in [2.24, 2.45) is 0 Å². The number of rotatable bonds is 1. The molecule has 1 aromatic rings. The molecule has 1 aliphatic rings. The van der Waals surface area contributed by atoms with Crippen LogP contribution in [0, 0.1) is 0 Å². The fourth-order valence-electron chi connectivity index (χ4n) is 1.32. The number of hydrogen-bond acceptors (Lipinski definition) is 3. The molecule has 4 heteroatoms. The summed E-state index contributed by atoms with van der Waals surface area (Å²) in [5, 5.41) is 3.29. The number of nitrogens with one attached hydrogen (secondary N) is 1. The molecule has 66 valence electrons. The second kappa shape index (κ2) is 3.00. The molecule has 0 radical (unpaired) electrons. The van der Waals surface area contributed by atoms with Gasteiger partial charge in [0.25, 0.3) is 0 Å². The highest BCUT2D eigenvalue weighted by Gasteiger charge is 2.32. The van der Waals surface area contributed by atoms with Gasteiger partial charge in [-0.3, -0.25) is 5.32 Å². The fraction of sp³-hybridized carbons (Fsp3) is 0.500. The lowest BCUT2D eigenvalue weighted by atomic mass is 10.2. The Kier molecular flexibility index (Phi) is 2.12. The van der Waals surface area contributed by atoms with Gasteiger partial charge >= 0.3 is 0 Å². The highest BCUT2D eigenvalue weighted by atomic mass is 35.5. The molecule has 2 heterocycles. The Labute approximate surface area is 80.5 Å². The molecule has 0 saturated carbocycles. The monoisotopic (exact) mass is 203 g/mol. The van der Waals surface area contributed by atoms with Gasteiger partial charge in [0.1, 0.15) is 0 Å². The molecule has 2 rings (SSSR count). The first-order valence-electron chi connectivity index (χ1n) is 3.85. The molecule has 1 fully saturated rings. The van der Waals surface area contributed by atoms with E-state index in [9.17, 15) is 0 Å². The number of ether oxygens (including phenoxy) is 1. The standard InChI is InChI=1S/C8H10ClNOS/c1-8(10-4-5-11-8)6-2-3-7(9)12-6/h2-3,10H,4-5H2,1H3. The van der Waals surface area contributed by atoms with Crippen LogP contribution in [-0.4, -0.2) is 13.2 Å². The molecule has 1 unspecified atom stereocenters. The van der Waals surface area contributed by atoms with Crippen LogP contribution in [0.2, 0.25) is 4.34 Å². The van der Waals surface area contributed by atoms with E-state index in [4.69, 9.17) is 16.3 Å². The third-order valence-corrected chi connectivity index (χ3v) is 3.43. The SMILES string of the molecule is CC1(c2ccc(Cl)s2)NCCO1. The van der Waals surface area contributed by atoms with Crippen LogP contribution in [0.15, 0.2) is 12.1 Å². The lowest BCUT2D eigenvalue weighted by Crippen LogP contribution is -2.33. The summed E-state index contributed by atoms with van der Waals surface area (Å²) < 4.78 is 6.39. The molecule has 0 bridgehead atoms. The maximum Gasteiger partial charge on any atom is 0.151 e. The maximum atomic E-state index is 5.84. The zero-order chi connectivity index (χ0) is 8.60. The van der Waals surface area contributed by atoms with E-state index in [1.54, 1.807) is 11.3 Å². The van der Waals surface area contributed by atoms with Gasteiger partial charge in [0.15, 0.2) is 5.72 Å². The highest BCUT2D eigenvalue weighted by Crippen LogP contribution is 2.33. The van der Waals surface area contributed by atoms with Crippen molar-refractivity contribution in [2.75, 3.05) is 13.2 Å².